The third-order valence-electron chi connectivity index (χ3n) is 2.82. The molecular weight excluding hydrogens is 224 g/mol. The maximum Gasteiger partial charge on any atom is 0.261 e. The highest BCUT2D eigenvalue weighted by atomic mass is 32.1. The normalized spacial score (nSPS) is 24.4. The smallest absolute Gasteiger partial charge is 0.261 e. The van der Waals surface area contributed by atoms with Crippen molar-refractivity contribution in [2.24, 2.45) is 0 Å². The molecule has 2 N–H and O–H groups in total. The summed E-state index contributed by atoms with van der Waals surface area (Å²) < 4.78 is 5.06. The minimum Gasteiger partial charge on any atom is -0.496 e. The molecule has 1 aromatic heterocycles. The number of ether oxygens (including phenoxy) is 1. The second kappa shape index (κ2) is 4.43. The highest BCUT2D eigenvalue weighted by Gasteiger charge is 2.30. The van der Waals surface area contributed by atoms with Crippen molar-refractivity contribution >= 4 is 17.2 Å². The lowest BCUT2D eigenvalue weighted by molar-refractivity contribution is 0.0917. The van der Waals surface area contributed by atoms with Gasteiger partial charge in [-0.25, -0.2) is 0 Å². The number of carbonyl (C=O) groups is 1. The van der Waals surface area contributed by atoms with E-state index in [9.17, 15) is 4.79 Å². The number of hydrogen-bond donors (Lipinski definition) is 2. The molecule has 1 amide bonds. The molecule has 1 saturated heterocycles. The topological polar surface area (TPSA) is 50.4 Å². The van der Waals surface area contributed by atoms with Gasteiger partial charge in [-0.2, -0.15) is 0 Å². The molecular formula is C11H16N2O2S. The molecule has 0 bridgehead atoms. The van der Waals surface area contributed by atoms with E-state index in [1.165, 1.54) is 11.3 Å². The van der Waals surface area contributed by atoms with Crippen molar-refractivity contribution in [1.29, 1.82) is 0 Å². The Bertz CT molecular complexity index is 383. The van der Waals surface area contributed by atoms with Crippen molar-refractivity contribution in [1.82, 2.24) is 10.6 Å². The average molecular weight is 240 g/mol. The van der Waals surface area contributed by atoms with Crippen LogP contribution in [0.3, 0.4) is 0 Å². The Kier molecular flexibility index (Phi) is 3.16. The van der Waals surface area contributed by atoms with Crippen LogP contribution in [-0.4, -0.2) is 31.6 Å². The SMILES string of the molecule is COc1csc(C(=O)NC2(C)CCNC2)c1. The molecule has 0 radical (unpaired) electrons. The van der Waals surface area contributed by atoms with E-state index in [1.807, 2.05) is 5.38 Å². The van der Waals surface area contributed by atoms with Gasteiger partial charge >= 0.3 is 0 Å². The maximum atomic E-state index is 12.0. The molecule has 1 aliphatic rings. The summed E-state index contributed by atoms with van der Waals surface area (Å²) in [7, 11) is 1.60. The summed E-state index contributed by atoms with van der Waals surface area (Å²) in [6.45, 7) is 3.86. The Balaban J connectivity index is 2.02. The molecule has 1 atom stereocenters. The first-order valence-corrected chi connectivity index (χ1v) is 6.17. The summed E-state index contributed by atoms with van der Waals surface area (Å²) in [4.78, 5) is 12.7. The largest absolute Gasteiger partial charge is 0.496 e. The van der Waals surface area contributed by atoms with Gasteiger partial charge in [0.05, 0.1) is 17.5 Å². The first-order chi connectivity index (χ1) is 7.63. The zero-order valence-corrected chi connectivity index (χ0v) is 10.3. The van der Waals surface area contributed by atoms with Crippen LogP contribution in [0.4, 0.5) is 0 Å². The van der Waals surface area contributed by atoms with Crippen LogP contribution < -0.4 is 15.4 Å². The van der Waals surface area contributed by atoms with Crippen LogP contribution in [0.5, 0.6) is 5.75 Å². The summed E-state index contributed by atoms with van der Waals surface area (Å²) in [6.07, 6.45) is 0.973. The third kappa shape index (κ3) is 2.36. The molecule has 2 heterocycles. The monoisotopic (exact) mass is 240 g/mol. The van der Waals surface area contributed by atoms with Gasteiger partial charge in [0.15, 0.2) is 0 Å². The van der Waals surface area contributed by atoms with Crippen LogP contribution in [0.1, 0.15) is 23.0 Å². The number of methoxy groups -OCH3 is 1. The van der Waals surface area contributed by atoms with E-state index < -0.39 is 0 Å². The molecule has 4 nitrogen and oxygen atoms in total. The fourth-order valence-corrected chi connectivity index (χ4v) is 2.55. The Morgan fingerprint density at radius 2 is 2.50 bits per heavy atom. The van der Waals surface area contributed by atoms with Gasteiger partial charge in [0.1, 0.15) is 5.75 Å². The quantitative estimate of drug-likeness (QED) is 0.835. The Hall–Kier alpha value is -1.07. The Morgan fingerprint density at radius 1 is 1.69 bits per heavy atom. The predicted octanol–water partition coefficient (Wildman–Crippen LogP) is 1.24. The fraction of sp³-hybridized carbons (Fsp3) is 0.545. The van der Waals surface area contributed by atoms with Crippen LogP contribution in [0.25, 0.3) is 0 Å². The lowest BCUT2D eigenvalue weighted by atomic mass is 10.0. The molecule has 2 rings (SSSR count). The highest BCUT2D eigenvalue weighted by molar-refractivity contribution is 7.12. The highest BCUT2D eigenvalue weighted by Crippen LogP contribution is 2.22. The zero-order valence-electron chi connectivity index (χ0n) is 9.50. The van der Waals surface area contributed by atoms with Crippen LogP contribution in [-0.2, 0) is 0 Å². The van der Waals surface area contributed by atoms with Crippen molar-refractivity contribution in [3.63, 3.8) is 0 Å². The van der Waals surface area contributed by atoms with E-state index in [4.69, 9.17) is 4.74 Å². The van der Waals surface area contributed by atoms with Gasteiger partial charge in [-0.3, -0.25) is 4.79 Å². The first-order valence-electron chi connectivity index (χ1n) is 5.29. The number of rotatable bonds is 3. The van der Waals surface area contributed by atoms with Crippen molar-refractivity contribution in [2.75, 3.05) is 20.2 Å². The van der Waals surface area contributed by atoms with Gasteiger partial charge in [0.2, 0.25) is 0 Å². The van der Waals surface area contributed by atoms with Gasteiger partial charge in [-0.1, -0.05) is 0 Å². The second-order valence-electron chi connectivity index (χ2n) is 4.29. The average Bonchev–Trinajstić information content (AvgIpc) is 2.86. The van der Waals surface area contributed by atoms with Gasteiger partial charge in [0, 0.05) is 18.0 Å². The summed E-state index contributed by atoms with van der Waals surface area (Å²) in [5, 5.41) is 8.15. The molecule has 0 aromatic carbocycles. The lowest BCUT2D eigenvalue weighted by Gasteiger charge is -2.23. The van der Waals surface area contributed by atoms with E-state index in [0.29, 0.717) is 4.88 Å². The molecule has 0 aliphatic carbocycles. The Morgan fingerprint density at radius 3 is 3.06 bits per heavy atom. The zero-order chi connectivity index (χ0) is 11.6. The van der Waals surface area contributed by atoms with Crippen LogP contribution in [0, 0.1) is 0 Å². The molecule has 1 aliphatic heterocycles. The third-order valence-corrected chi connectivity index (χ3v) is 3.73. The first kappa shape index (κ1) is 11.4. The number of amides is 1. The fourth-order valence-electron chi connectivity index (χ4n) is 1.80. The number of carbonyl (C=O) groups excluding carboxylic acids is 1. The molecule has 5 heteroatoms. The minimum atomic E-state index is -0.117. The summed E-state index contributed by atoms with van der Waals surface area (Å²) in [6, 6.07) is 1.77. The van der Waals surface area contributed by atoms with Crippen LogP contribution in [0.15, 0.2) is 11.4 Å². The van der Waals surface area contributed by atoms with Crippen LogP contribution in [0.2, 0.25) is 0 Å². The summed E-state index contributed by atoms with van der Waals surface area (Å²) in [5.41, 5.74) is -0.117. The molecule has 16 heavy (non-hydrogen) atoms. The molecule has 1 unspecified atom stereocenters. The van der Waals surface area contributed by atoms with E-state index in [2.05, 4.69) is 17.6 Å². The van der Waals surface area contributed by atoms with E-state index in [-0.39, 0.29) is 11.4 Å². The molecule has 0 spiro atoms. The van der Waals surface area contributed by atoms with E-state index >= 15 is 0 Å². The van der Waals surface area contributed by atoms with E-state index in [1.54, 1.807) is 13.2 Å². The van der Waals surface area contributed by atoms with Crippen molar-refractivity contribution in [3.8, 4) is 5.75 Å². The molecule has 1 fully saturated rings. The summed E-state index contributed by atoms with van der Waals surface area (Å²) >= 11 is 1.41. The minimum absolute atomic E-state index is 0.0144. The van der Waals surface area contributed by atoms with Gasteiger partial charge in [-0.05, 0) is 19.9 Å². The van der Waals surface area contributed by atoms with E-state index in [0.717, 1.165) is 25.3 Å². The van der Waals surface area contributed by atoms with Crippen molar-refractivity contribution < 1.29 is 9.53 Å². The summed E-state index contributed by atoms with van der Waals surface area (Å²) in [5.74, 6) is 0.726. The predicted molar refractivity (Wildman–Crippen MR) is 64.2 cm³/mol. The van der Waals surface area contributed by atoms with Gasteiger partial charge in [0.25, 0.3) is 5.91 Å². The number of thiophene rings is 1. The standard InChI is InChI=1S/C11H16N2O2S/c1-11(3-4-12-7-11)13-10(14)9-5-8(15-2)6-16-9/h5-6,12H,3-4,7H2,1-2H3,(H,13,14). The lowest BCUT2D eigenvalue weighted by Crippen LogP contribution is -2.47. The second-order valence-corrected chi connectivity index (χ2v) is 5.20. The Labute approximate surface area is 99.0 Å². The maximum absolute atomic E-state index is 12.0. The number of hydrogen-bond acceptors (Lipinski definition) is 4. The molecule has 88 valence electrons. The van der Waals surface area contributed by atoms with Crippen molar-refractivity contribution in [3.05, 3.63) is 16.3 Å². The molecule has 1 aromatic rings. The molecule has 0 saturated carbocycles. The number of nitrogens with one attached hydrogen (secondary N) is 2. The van der Waals surface area contributed by atoms with Gasteiger partial charge in [-0.15, -0.1) is 11.3 Å². The van der Waals surface area contributed by atoms with Crippen molar-refractivity contribution in [2.45, 2.75) is 18.9 Å². The van der Waals surface area contributed by atoms with Gasteiger partial charge < -0.3 is 15.4 Å². The van der Waals surface area contributed by atoms with Crippen LogP contribution >= 0.6 is 11.3 Å².